The van der Waals surface area contributed by atoms with E-state index in [0.717, 1.165) is 5.56 Å². The number of fused-ring (bicyclic) bond motifs is 1. The number of nitrogens with zero attached hydrogens (tertiary/aromatic N) is 3. The first kappa shape index (κ1) is 23.3. The van der Waals surface area contributed by atoms with Crippen LogP contribution < -0.4 is 5.43 Å². The maximum Gasteiger partial charge on any atom is 0.225 e. The first-order valence-corrected chi connectivity index (χ1v) is 11.2. The van der Waals surface area contributed by atoms with Crippen LogP contribution in [-0.4, -0.2) is 20.6 Å². The molecular formula is C27H25F2N3O2. The lowest BCUT2D eigenvalue weighted by Gasteiger charge is -2.32. The van der Waals surface area contributed by atoms with E-state index in [2.05, 4.69) is 5.10 Å². The topological polar surface area (TPSA) is 55.2 Å². The predicted molar refractivity (Wildman–Crippen MR) is 127 cm³/mol. The zero-order chi connectivity index (χ0) is 24.1. The van der Waals surface area contributed by atoms with Crippen LogP contribution in [0.2, 0.25) is 0 Å². The van der Waals surface area contributed by atoms with Crippen molar-refractivity contribution in [2.45, 2.75) is 38.9 Å². The summed E-state index contributed by atoms with van der Waals surface area (Å²) in [6, 6.07) is 19.1. The molecule has 1 amide bonds. The van der Waals surface area contributed by atoms with Crippen LogP contribution in [0.4, 0.5) is 8.78 Å². The van der Waals surface area contributed by atoms with E-state index < -0.39 is 0 Å². The number of carbonyl (C=O) groups excluding carboxylic acids is 1. The molecule has 0 aliphatic heterocycles. The first-order valence-electron chi connectivity index (χ1n) is 11.2. The van der Waals surface area contributed by atoms with Crippen molar-refractivity contribution in [2.24, 2.45) is 0 Å². The summed E-state index contributed by atoms with van der Waals surface area (Å²) in [5, 5.41) is 4.75. The molecule has 3 aromatic carbocycles. The second-order valence-corrected chi connectivity index (χ2v) is 8.13. The maximum atomic E-state index is 13.8. The number of aryl methyl sites for hydroxylation is 1. The quantitative estimate of drug-likeness (QED) is 0.360. The number of hydrogen-bond donors (Lipinski definition) is 0. The number of hydrogen-bond acceptors (Lipinski definition) is 3. The Hall–Kier alpha value is -3.87. The molecule has 0 aliphatic carbocycles. The second kappa shape index (κ2) is 10.4. The predicted octanol–water partition coefficient (Wildman–Crippen LogP) is 5.24. The number of carbonyl (C=O) groups is 1. The van der Waals surface area contributed by atoms with E-state index in [9.17, 15) is 18.4 Å². The average Bonchev–Trinajstić information content (AvgIpc) is 2.84. The highest BCUT2D eigenvalue weighted by Gasteiger charge is 2.24. The Labute approximate surface area is 196 Å². The minimum absolute atomic E-state index is 0.132. The molecular weight excluding hydrogens is 436 g/mol. The van der Waals surface area contributed by atoms with E-state index in [1.54, 1.807) is 52.0 Å². The maximum absolute atomic E-state index is 13.8. The third kappa shape index (κ3) is 5.20. The molecule has 0 spiro atoms. The van der Waals surface area contributed by atoms with E-state index in [-0.39, 0.29) is 48.5 Å². The Balaban J connectivity index is 1.62. The van der Waals surface area contributed by atoms with E-state index in [0.29, 0.717) is 22.9 Å². The van der Waals surface area contributed by atoms with Gasteiger partial charge >= 0.3 is 0 Å². The van der Waals surface area contributed by atoms with Gasteiger partial charge in [-0.3, -0.25) is 14.3 Å². The lowest BCUT2D eigenvalue weighted by Crippen LogP contribution is -2.35. The highest BCUT2D eigenvalue weighted by Crippen LogP contribution is 2.27. The van der Waals surface area contributed by atoms with Crippen LogP contribution in [0.5, 0.6) is 0 Å². The van der Waals surface area contributed by atoms with Crippen molar-refractivity contribution in [1.29, 1.82) is 0 Å². The van der Waals surface area contributed by atoms with Gasteiger partial charge in [0.1, 0.15) is 11.6 Å². The van der Waals surface area contributed by atoms with Crippen LogP contribution in [0.3, 0.4) is 0 Å². The molecule has 1 unspecified atom stereocenters. The van der Waals surface area contributed by atoms with E-state index in [1.807, 2.05) is 13.0 Å². The van der Waals surface area contributed by atoms with Gasteiger partial charge in [0.2, 0.25) is 11.3 Å². The molecule has 0 aliphatic rings. The van der Waals surface area contributed by atoms with Gasteiger partial charge in [0, 0.05) is 18.4 Å². The minimum Gasteiger partial charge on any atom is -0.331 e. The molecule has 0 radical (unpaired) electrons. The third-order valence-electron chi connectivity index (χ3n) is 5.88. The summed E-state index contributed by atoms with van der Waals surface area (Å²) in [7, 11) is 0. The fourth-order valence-electron chi connectivity index (χ4n) is 4.21. The summed E-state index contributed by atoms with van der Waals surface area (Å²) >= 11 is 0. The molecule has 0 N–H and O–H groups in total. The van der Waals surface area contributed by atoms with E-state index in [4.69, 9.17) is 0 Å². The molecule has 0 saturated heterocycles. The Morgan fingerprint density at radius 1 is 1.00 bits per heavy atom. The largest absolute Gasteiger partial charge is 0.331 e. The summed E-state index contributed by atoms with van der Waals surface area (Å²) in [6.07, 6.45) is 1.99. The van der Waals surface area contributed by atoms with Gasteiger partial charge in [0.25, 0.3) is 0 Å². The van der Waals surface area contributed by atoms with Crippen LogP contribution >= 0.6 is 0 Å². The molecule has 0 fully saturated rings. The van der Waals surface area contributed by atoms with Crippen LogP contribution in [0.25, 0.3) is 10.9 Å². The standard InChI is InChI=1S/C27H25F2N3O2/c1-2-24(20-10-12-21(28)13-11-20)31(18-19-6-5-7-22(29)16-19)27(34)14-15-32-25-9-4-3-8-23(25)26(33)17-30-32/h3-13,16-17,24H,2,14-15,18H2,1H3. The van der Waals surface area contributed by atoms with Crippen molar-refractivity contribution in [2.75, 3.05) is 0 Å². The van der Waals surface area contributed by atoms with Gasteiger partial charge in [-0.05, 0) is 53.9 Å². The molecule has 174 valence electrons. The molecule has 1 atom stereocenters. The van der Waals surface area contributed by atoms with Crippen molar-refractivity contribution in [3.63, 3.8) is 0 Å². The molecule has 34 heavy (non-hydrogen) atoms. The number of aromatic nitrogens is 2. The zero-order valence-corrected chi connectivity index (χ0v) is 18.8. The van der Waals surface area contributed by atoms with Gasteiger partial charge in [-0.25, -0.2) is 8.78 Å². The molecule has 0 saturated carbocycles. The van der Waals surface area contributed by atoms with Crippen molar-refractivity contribution in [3.8, 4) is 0 Å². The molecule has 5 nitrogen and oxygen atoms in total. The van der Waals surface area contributed by atoms with Crippen LogP contribution in [0.1, 0.15) is 36.9 Å². The molecule has 4 aromatic rings. The Morgan fingerprint density at radius 2 is 1.76 bits per heavy atom. The van der Waals surface area contributed by atoms with E-state index >= 15 is 0 Å². The Kier molecular flexibility index (Phi) is 7.11. The highest BCUT2D eigenvalue weighted by atomic mass is 19.1. The average molecular weight is 462 g/mol. The normalized spacial score (nSPS) is 12.0. The molecule has 4 rings (SSSR count). The highest BCUT2D eigenvalue weighted by molar-refractivity contribution is 5.79. The fraction of sp³-hybridized carbons (Fsp3) is 0.222. The summed E-state index contributed by atoms with van der Waals surface area (Å²) in [5.74, 6) is -0.869. The minimum atomic E-state index is -0.372. The van der Waals surface area contributed by atoms with Gasteiger partial charge < -0.3 is 4.90 Å². The van der Waals surface area contributed by atoms with Gasteiger partial charge in [0.15, 0.2) is 0 Å². The smallest absolute Gasteiger partial charge is 0.225 e. The van der Waals surface area contributed by atoms with Crippen LogP contribution in [0, 0.1) is 11.6 Å². The van der Waals surface area contributed by atoms with Crippen molar-refractivity contribution in [1.82, 2.24) is 14.7 Å². The summed E-state index contributed by atoms with van der Waals surface area (Å²) in [5.41, 5.74) is 1.96. The van der Waals surface area contributed by atoms with Crippen molar-refractivity contribution in [3.05, 3.63) is 112 Å². The third-order valence-corrected chi connectivity index (χ3v) is 5.88. The zero-order valence-electron chi connectivity index (χ0n) is 18.8. The Bertz CT molecular complexity index is 1350. The second-order valence-electron chi connectivity index (χ2n) is 8.13. The SMILES string of the molecule is CCC(c1ccc(F)cc1)N(Cc1cccc(F)c1)C(=O)CCn1ncc(=O)c2ccccc21. The summed E-state index contributed by atoms with van der Waals surface area (Å²) in [6.45, 7) is 2.45. The van der Waals surface area contributed by atoms with Crippen LogP contribution in [-0.2, 0) is 17.9 Å². The van der Waals surface area contributed by atoms with Gasteiger partial charge in [-0.2, -0.15) is 5.10 Å². The van der Waals surface area contributed by atoms with Gasteiger partial charge in [-0.1, -0.05) is 43.3 Å². The molecule has 1 heterocycles. The number of para-hydroxylation sites is 1. The summed E-state index contributed by atoms with van der Waals surface area (Å²) in [4.78, 5) is 27.3. The molecule has 1 aromatic heterocycles. The summed E-state index contributed by atoms with van der Waals surface area (Å²) < 4.78 is 29.0. The molecule has 7 heteroatoms. The lowest BCUT2D eigenvalue weighted by atomic mass is 10.0. The van der Waals surface area contributed by atoms with Gasteiger partial charge in [0.05, 0.1) is 24.3 Å². The number of halogens is 2. The lowest BCUT2D eigenvalue weighted by molar-refractivity contribution is -0.134. The van der Waals surface area contributed by atoms with Crippen molar-refractivity contribution >= 4 is 16.8 Å². The van der Waals surface area contributed by atoms with Crippen molar-refractivity contribution < 1.29 is 13.6 Å². The molecule has 0 bridgehead atoms. The fourth-order valence-corrected chi connectivity index (χ4v) is 4.21. The Morgan fingerprint density at radius 3 is 2.50 bits per heavy atom. The van der Waals surface area contributed by atoms with Crippen LogP contribution in [0.15, 0.2) is 83.8 Å². The number of amides is 1. The number of rotatable bonds is 8. The monoisotopic (exact) mass is 461 g/mol. The van der Waals surface area contributed by atoms with E-state index in [1.165, 1.54) is 30.5 Å². The van der Waals surface area contributed by atoms with Gasteiger partial charge in [-0.15, -0.1) is 0 Å². The first-order chi connectivity index (χ1) is 16.5. The number of benzene rings is 3.